The first-order valence-electron chi connectivity index (χ1n) is 13.3. The number of halogens is 1. The molecule has 0 bridgehead atoms. The topological polar surface area (TPSA) is 93.2 Å². The maximum absolute atomic E-state index is 15.6. The molecule has 1 aromatic heterocycles. The molecule has 0 saturated carbocycles. The number of amides is 1. The fourth-order valence-corrected chi connectivity index (χ4v) is 5.71. The number of primary amides is 1. The maximum Gasteiger partial charge on any atom is 0.248 e. The van der Waals surface area contributed by atoms with Crippen LogP contribution in [0.3, 0.4) is 0 Å². The van der Waals surface area contributed by atoms with Crippen LogP contribution >= 0.6 is 0 Å². The van der Waals surface area contributed by atoms with Gasteiger partial charge in [0.25, 0.3) is 0 Å². The molecule has 0 aliphatic carbocycles. The molecule has 198 valence electrons. The Kier molecular flexibility index (Phi) is 6.81. The van der Waals surface area contributed by atoms with Gasteiger partial charge in [0.05, 0.1) is 5.69 Å². The first kappa shape index (κ1) is 25.2. The van der Waals surface area contributed by atoms with Crippen LogP contribution in [-0.2, 0) is 13.1 Å². The Balaban J connectivity index is 1.25. The van der Waals surface area contributed by atoms with Crippen LogP contribution < -0.4 is 11.1 Å². The SMILES string of the molecule is NC(=O)c1cccc(-n2cnc3c2C(=O)CC(c2ccc(-c4ccccc4CN4CCCC4)cc2F)NC3)c1. The number of nitrogens with two attached hydrogens (primary N) is 1. The Morgan fingerprint density at radius 3 is 2.67 bits per heavy atom. The highest BCUT2D eigenvalue weighted by Gasteiger charge is 2.29. The van der Waals surface area contributed by atoms with Crippen molar-refractivity contribution in [3.63, 3.8) is 0 Å². The van der Waals surface area contributed by atoms with Gasteiger partial charge < -0.3 is 11.1 Å². The number of hydrogen-bond donors (Lipinski definition) is 2. The van der Waals surface area contributed by atoms with Crippen molar-refractivity contribution >= 4 is 11.7 Å². The minimum Gasteiger partial charge on any atom is -0.366 e. The predicted octanol–water partition coefficient (Wildman–Crippen LogP) is 4.79. The van der Waals surface area contributed by atoms with E-state index in [-0.39, 0.29) is 18.0 Å². The summed E-state index contributed by atoms with van der Waals surface area (Å²) in [4.78, 5) is 32.0. The molecule has 8 heteroatoms. The van der Waals surface area contributed by atoms with Crippen molar-refractivity contribution < 1.29 is 14.0 Å². The van der Waals surface area contributed by atoms with E-state index >= 15 is 4.39 Å². The number of nitrogens with one attached hydrogen (secondary N) is 1. The van der Waals surface area contributed by atoms with Crippen LogP contribution in [0, 0.1) is 5.82 Å². The van der Waals surface area contributed by atoms with Crippen LogP contribution in [0.2, 0.25) is 0 Å². The number of ketones is 1. The van der Waals surface area contributed by atoms with Crippen LogP contribution in [0.25, 0.3) is 16.8 Å². The zero-order chi connectivity index (χ0) is 26.9. The highest BCUT2D eigenvalue weighted by atomic mass is 19.1. The lowest BCUT2D eigenvalue weighted by atomic mass is 9.95. The second kappa shape index (κ2) is 10.6. The molecular formula is C31H30FN5O2. The van der Waals surface area contributed by atoms with E-state index in [1.807, 2.05) is 24.3 Å². The summed E-state index contributed by atoms with van der Waals surface area (Å²) in [6.45, 7) is 3.36. The number of aromatic nitrogens is 2. The van der Waals surface area contributed by atoms with Gasteiger partial charge in [0.15, 0.2) is 5.78 Å². The molecule has 1 unspecified atom stereocenters. The van der Waals surface area contributed by atoms with E-state index in [2.05, 4.69) is 21.3 Å². The molecule has 1 fully saturated rings. The third kappa shape index (κ3) is 5.01. The first-order chi connectivity index (χ1) is 19.0. The van der Waals surface area contributed by atoms with E-state index in [0.29, 0.717) is 34.7 Å². The Labute approximate surface area is 226 Å². The van der Waals surface area contributed by atoms with Gasteiger partial charge in [-0.2, -0.15) is 0 Å². The highest BCUT2D eigenvalue weighted by molar-refractivity contribution is 5.97. The van der Waals surface area contributed by atoms with Crippen LogP contribution in [-0.4, -0.2) is 39.2 Å². The summed E-state index contributed by atoms with van der Waals surface area (Å²) in [6, 6.07) is 19.7. The second-order valence-corrected chi connectivity index (χ2v) is 10.3. The van der Waals surface area contributed by atoms with Crippen LogP contribution in [0.1, 0.15) is 63.0 Å². The smallest absolute Gasteiger partial charge is 0.248 e. The predicted molar refractivity (Wildman–Crippen MR) is 147 cm³/mol. The molecule has 0 radical (unpaired) electrons. The largest absolute Gasteiger partial charge is 0.366 e. The number of carbonyl (C=O) groups is 2. The number of Topliss-reactive ketones (excluding diaryl/α,β-unsaturated/α-hetero) is 1. The number of benzene rings is 3. The number of carbonyl (C=O) groups excluding carboxylic acids is 2. The van der Waals surface area contributed by atoms with Crippen LogP contribution in [0.4, 0.5) is 4.39 Å². The monoisotopic (exact) mass is 523 g/mol. The maximum atomic E-state index is 15.6. The summed E-state index contributed by atoms with van der Waals surface area (Å²) in [7, 11) is 0. The fourth-order valence-electron chi connectivity index (χ4n) is 5.71. The summed E-state index contributed by atoms with van der Waals surface area (Å²) >= 11 is 0. The van der Waals surface area contributed by atoms with Gasteiger partial charge in [-0.25, -0.2) is 9.37 Å². The van der Waals surface area contributed by atoms with Gasteiger partial charge >= 0.3 is 0 Å². The van der Waals surface area contributed by atoms with Gasteiger partial charge in [-0.05, 0) is 66.9 Å². The van der Waals surface area contributed by atoms with Crippen molar-refractivity contribution in [3.05, 3.63) is 107 Å². The van der Waals surface area contributed by atoms with E-state index < -0.39 is 11.9 Å². The number of imidazole rings is 1. The van der Waals surface area contributed by atoms with Crippen molar-refractivity contribution in [1.29, 1.82) is 0 Å². The van der Waals surface area contributed by atoms with E-state index in [1.54, 1.807) is 47.3 Å². The van der Waals surface area contributed by atoms with Gasteiger partial charge in [0, 0.05) is 42.4 Å². The number of fused-ring (bicyclic) bond motifs is 1. The Morgan fingerprint density at radius 1 is 1.05 bits per heavy atom. The van der Waals surface area contributed by atoms with E-state index in [4.69, 9.17) is 5.73 Å². The molecule has 2 aliphatic rings. The van der Waals surface area contributed by atoms with E-state index in [0.717, 1.165) is 30.8 Å². The molecule has 1 atom stereocenters. The lowest BCUT2D eigenvalue weighted by Crippen LogP contribution is -2.22. The highest BCUT2D eigenvalue weighted by Crippen LogP contribution is 2.32. The summed E-state index contributed by atoms with van der Waals surface area (Å²) in [6.07, 6.45) is 4.09. The van der Waals surface area contributed by atoms with Gasteiger partial charge in [0.2, 0.25) is 5.91 Å². The molecule has 2 aliphatic heterocycles. The molecule has 39 heavy (non-hydrogen) atoms. The van der Waals surface area contributed by atoms with E-state index in [9.17, 15) is 9.59 Å². The Morgan fingerprint density at radius 2 is 1.87 bits per heavy atom. The molecule has 7 nitrogen and oxygen atoms in total. The molecule has 4 aromatic rings. The van der Waals surface area contributed by atoms with Gasteiger partial charge in [-0.3, -0.25) is 19.1 Å². The van der Waals surface area contributed by atoms with Crippen molar-refractivity contribution in [2.45, 2.75) is 38.4 Å². The number of rotatable bonds is 6. The van der Waals surface area contributed by atoms with Gasteiger partial charge in [-0.15, -0.1) is 0 Å². The molecule has 3 heterocycles. The van der Waals surface area contributed by atoms with Gasteiger partial charge in [-0.1, -0.05) is 42.5 Å². The van der Waals surface area contributed by atoms with Crippen molar-refractivity contribution in [1.82, 2.24) is 19.8 Å². The Bertz CT molecular complexity index is 1560. The number of hydrogen-bond acceptors (Lipinski definition) is 5. The summed E-state index contributed by atoms with van der Waals surface area (Å²) < 4.78 is 17.3. The third-order valence-corrected chi connectivity index (χ3v) is 7.72. The minimum atomic E-state index is -0.547. The number of nitrogens with zero attached hydrogens (tertiary/aromatic N) is 3. The van der Waals surface area contributed by atoms with Crippen LogP contribution in [0.15, 0.2) is 73.1 Å². The van der Waals surface area contributed by atoms with Crippen molar-refractivity contribution in [2.24, 2.45) is 5.73 Å². The number of likely N-dealkylation sites (tertiary alicyclic amines) is 1. The summed E-state index contributed by atoms with van der Waals surface area (Å²) in [5.74, 6) is -1.04. The quantitative estimate of drug-likeness (QED) is 0.379. The molecule has 1 amide bonds. The molecule has 3 aromatic carbocycles. The summed E-state index contributed by atoms with van der Waals surface area (Å²) in [5.41, 5.74) is 10.9. The average Bonchev–Trinajstić information content (AvgIpc) is 3.58. The zero-order valence-electron chi connectivity index (χ0n) is 21.6. The average molecular weight is 524 g/mol. The lowest BCUT2D eigenvalue weighted by Gasteiger charge is -2.19. The zero-order valence-corrected chi connectivity index (χ0v) is 21.6. The normalized spacial score (nSPS) is 17.7. The van der Waals surface area contributed by atoms with E-state index in [1.165, 1.54) is 18.4 Å². The van der Waals surface area contributed by atoms with Crippen molar-refractivity contribution in [2.75, 3.05) is 13.1 Å². The lowest BCUT2D eigenvalue weighted by molar-refractivity contribution is 0.0964. The standard InChI is InChI=1S/C31H30FN5O2/c32-26-15-20(24-9-2-1-6-22(24)18-36-12-3-4-13-36)10-11-25(26)27-16-29(38)30-28(17-34-27)35-19-37(30)23-8-5-7-21(14-23)31(33)39/h1-2,5-11,14-15,19,27,34H,3-4,12-13,16-18H2,(H2,33,39). The second-order valence-electron chi connectivity index (χ2n) is 10.3. The summed E-state index contributed by atoms with van der Waals surface area (Å²) in [5, 5.41) is 3.32. The van der Waals surface area contributed by atoms with Crippen molar-refractivity contribution in [3.8, 4) is 16.8 Å². The fraction of sp³-hybridized carbons (Fsp3) is 0.258. The minimum absolute atomic E-state index is 0.0794. The molecule has 6 rings (SSSR count). The third-order valence-electron chi connectivity index (χ3n) is 7.72. The Hall–Kier alpha value is -4.14. The molecule has 1 saturated heterocycles. The molecule has 3 N–H and O–H groups in total. The first-order valence-corrected chi connectivity index (χ1v) is 13.3. The van der Waals surface area contributed by atoms with Crippen LogP contribution in [0.5, 0.6) is 0 Å². The van der Waals surface area contributed by atoms with Gasteiger partial charge in [0.1, 0.15) is 17.8 Å². The molecule has 0 spiro atoms. The molecular weight excluding hydrogens is 493 g/mol.